The van der Waals surface area contributed by atoms with Gasteiger partial charge in [-0.25, -0.2) is 0 Å². The second kappa shape index (κ2) is 5.80. The van der Waals surface area contributed by atoms with Gasteiger partial charge in [-0.3, -0.25) is 0 Å². The molecule has 0 radical (unpaired) electrons. The van der Waals surface area contributed by atoms with E-state index in [0.29, 0.717) is 0 Å². The number of hydrogen-bond acceptors (Lipinski definition) is 3. The molecular weight excluding hydrogens is 242 g/mol. The molecule has 0 bridgehead atoms. The second-order valence-electron chi connectivity index (χ2n) is 3.82. The SMILES string of the molecule is CSCCNCc1cc(Cl)cc2c1OCC2. The van der Waals surface area contributed by atoms with Crippen LogP contribution in [0.15, 0.2) is 12.1 Å². The molecule has 1 aromatic carbocycles. The van der Waals surface area contributed by atoms with Crippen molar-refractivity contribution in [2.75, 3.05) is 25.2 Å². The van der Waals surface area contributed by atoms with Crippen molar-refractivity contribution in [2.45, 2.75) is 13.0 Å². The van der Waals surface area contributed by atoms with Crippen molar-refractivity contribution in [3.05, 3.63) is 28.3 Å². The Morgan fingerprint density at radius 3 is 3.19 bits per heavy atom. The van der Waals surface area contributed by atoms with E-state index in [2.05, 4.69) is 11.6 Å². The monoisotopic (exact) mass is 257 g/mol. The van der Waals surface area contributed by atoms with Gasteiger partial charge in [-0.2, -0.15) is 11.8 Å². The highest BCUT2D eigenvalue weighted by Crippen LogP contribution is 2.32. The van der Waals surface area contributed by atoms with Gasteiger partial charge in [0.15, 0.2) is 0 Å². The zero-order valence-electron chi connectivity index (χ0n) is 9.38. The first-order valence-corrected chi connectivity index (χ1v) is 7.22. The van der Waals surface area contributed by atoms with Crippen molar-refractivity contribution >= 4 is 23.4 Å². The summed E-state index contributed by atoms with van der Waals surface area (Å²) in [5.41, 5.74) is 2.43. The van der Waals surface area contributed by atoms with Crippen LogP contribution in [0.4, 0.5) is 0 Å². The predicted octanol–water partition coefficient (Wildman–Crippen LogP) is 2.73. The van der Waals surface area contributed by atoms with Gasteiger partial charge in [-0.1, -0.05) is 11.6 Å². The summed E-state index contributed by atoms with van der Waals surface area (Å²) in [7, 11) is 0. The Morgan fingerprint density at radius 1 is 1.50 bits per heavy atom. The Hall–Kier alpha value is -0.380. The lowest BCUT2D eigenvalue weighted by atomic mass is 10.1. The lowest BCUT2D eigenvalue weighted by Crippen LogP contribution is -2.16. The smallest absolute Gasteiger partial charge is 0.127 e. The molecule has 0 amide bonds. The van der Waals surface area contributed by atoms with Crippen LogP contribution in [-0.2, 0) is 13.0 Å². The van der Waals surface area contributed by atoms with E-state index < -0.39 is 0 Å². The molecule has 1 N–H and O–H groups in total. The molecular formula is C12H16ClNOS. The number of benzene rings is 1. The number of ether oxygens (including phenoxy) is 1. The topological polar surface area (TPSA) is 21.3 Å². The van der Waals surface area contributed by atoms with Crippen LogP contribution < -0.4 is 10.1 Å². The van der Waals surface area contributed by atoms with Gasteiger partial charge in [0.25, 0.3) is 0 Å². The summed E-state index contributed by atoms with van der Waals surface area (Å²) >= 11 is 7.93. The van der Waals surface area contributed by atoms with E-state index in [0.717, 1.165) is 42.6 Å². The molecule has 0 aromatic heterocycles. The Morgan fingerprint density at radius 2 is 2.38 bits per heavy atom. The molecule has 0 saturated carbocycles. The molecule has 0 atom stereocenters. The molecule has 1 aliphatic rings. The minimum Gasteiger partial charge on any atom is -0.493 e. The quantitative estimate of drug-likeness (QED) is 0.820. The van der Waals surface area contributed by atoms with Gasteiger partial charge >= 0.3 is 0 Å². The average molecular weight is 258 g/mol. The van der Waals surface area contributed by atoms with Crippen LogP contribution in [0.25, 0.3) is 0 Å². The lowest BCUT2D eigenvalue weighted by Gasteiger charge is -2.09. The first kappa shape index (κ1) is 12.1. The molecule has 0 spiro atoms. The standard InChI is InChI=1S/C12H16ClNOS/c1-16-5-3-14-8-10-7-11(13)6-9-2-4-15-12(9)10/h6-7,14H,2-5,8H2,1H3. The molecule has 0 unspecified atom stereocenters. The molecule has 1 aromatic rings. The summed E-state index contributed by atoms with van der Waals surface area (Å²) in [6, 6.07) is 4.01. The number of thioether (sulfide) groups is 1. The summed E-state index contributed by atoms with van der Waals surface area (Å²) in [6.45, 7) is 2.64. The first-order valence-electron chi connectivity index (χ1n) is 5.45. The van der Waals surface area contributed by atoms with E-state index in [-0.39, 0.29) is 0 Å². The van der Waals surface area contributed by atoms with Gasteiger partial charge in [-0.15, -0.1) is 0 Å². The second-order valence-corrected chi connectivity index (χ2v) is 5.24. The minimum atomic E-state index is 0.785. The summed E-state index contributed by atoms with van der Waals surface area (Å²) in [4.78, 5) is 0. The van der Waals surface area contributed by atoms with E-state index in [4.69, 9.17) is 16.3 Å². The van der Waals surface area contributed by atoms with Crippen molar-refractivity contribution in [3.8, 4) is 5.75 Å². The van der Waals surface area contributed by atoms with E-state index in [9.17, 15) is 0 Å². The van der Waals surface area contributed by atoms with Crippen molar-refractivity contribution in [3.63, 3.8) is 0 Å². The van der Waals surface area contributed by atoms with Gasteiger partial charge in [-0.05, 0) is 24.0 Å². The Bertz CT molecular complexity index is 370. The Kier molecular flexibility index (Phi) is 4.38. The molecule has 88 valence electrons. The number of nitrogens with one attached hydrogen (secondary N) is 1. The van der Waals surface area contributed by atoms with Crippen molar-refractivity contribution in [1.82, 2.24) is 5.32 Å². The van der Waals surface area contributed by atoms with Crippen LogP contribution in [0, 0.1) is 0 Å². The van der Waals surface area contributed by atoms with Gasteiger partial charge in [0.2, 0.25) is 0 Å². The van der Waals surface area contributed by atoms with E-state index in [1.165, 1.54) is 11.1 Å². The number of fused-ring (bicyclic) bond motifs is 1. The number of hydrogen-bond donors (Lipinski definition) is 1. The number of rotatable bonds is 5. The fourth-order valence-electron chi connectivity index (χ4n) is 1.87. The molecule has 0 fully saturated rings. The molecule has 2 rings (SSSR count). The van der Waals surface area contributed by atoms with E-state index in [1.807, 2.05) is 23.9 Å². The third-order valence-electron chi connectivity index (χ3n) is 2.62. The van der Waals surface area contributed by atoms with Crippen molar-refractivity contribution < 1.29 is 4.74 Å². The molecule has 0 aliphatic carbocycles. The zero-order valence-corrected chi connectivity index (χ0v) is 11.0. The maximum atomic E-state index is 6.08. The van der Waals surface area contributed by atoms with E-state index in [1.54, 1.807) is 0 Å². The fraction of sp³-hybridized carbons (Fsp3) is 0.500. The Labute approximate surface area is 106 Å². The summed E-state index contributed by atoms with van der Waals surface area (Å²) in [5, 5.41) is 4.21. The van der Waals surface area contributed by atoms with Crippen LogP contribution >= 0.6 is 23.4 Å². The average Bonchev–Trinajstić information content (AvgIpc) is 2.72. The molecule has 0 saturated heterocycles. The summed E-state index contributed by atoms with van der Waals surface area (Å²) < 4.78 is 5.64. The Balaban J connectivity index is 2.03. The number of halogens is 1. The molecule has 1 aliphatic heterocycles. The lowest BCUT2D eigenvalue weighted by molar-refractivity contribution is 0.352. The molecule has 1 heterocycles. The molecule has 4 heteroatoms. The van der Waals surface area contributed by atoms with Gasteiger partial charge in [0.1, 0.15) is 5.75 Å². The summed E-state index contributed by atoms with van der Waals surface area (Å²) in [5.74, 6) is 2.17. The highest BCUT2D eigenvalue weighted by molar-refractivity contribution is 7.98. The van der Waals surface area contributed by atoms with Crippen molar-refractivity contribution in [1.29, 1.82) is 0 Å². The van der Waals surface area contributed by atoms with Gasteiger partial charge in [0, 0.05) is 35.8 Å². The third kappa shape index (κ3) is 2.84. The third-order valence-corrected chi connectivity index (χ3v) is 3.45. The summed E-state index contributed by atoms with van der Waals surface area (Å²) in [6.07, 6.45) is 3.09. The first-order chi connectivity index (χ1) is 7.81. The maximum absolute atomic E-state index is 6.08. The van der Waals surface area contributed by atoms with Crippen LogP contribution in [0.3, 0.4) is 0 Å². The van der Waals surface area contributed by atoms with Gasteiger partial charge in [0.05, 0.1) is 6.61 Å². The van der Waals surface area contributed by atoms with E-state index >= 15 is 0 Å². The maximum Gasteiger partial charge on any atom is 0.127 e. The van der Waals surface area contributed by atoms with Crippen molar-refractivity contribution in [2.24, 2.45) is 0 Å². The zero-order chi connectivity index (χ0) is 11.4. The molecule has 16 heavy (non-hydrogen) atoms. The van der Waals surface area contributed by atoms with Crippen LogP contribution in [0.2, 0.25) is 5.02 Å². The van der Waals surface area contributed by atoms with Crippen LogP contribution in [0.5, 0.6) is 5.75 Å². The predicted molar refractivity (Wildman–Crippen MR) is 70.7 cm³/mol. The highest BCUT2D eigenvalue weighted by atomic mass is 35.5. The van der Waals surface area contributed by atoms with Gasteiger partial charge < -0.3 is 10.1 Å². The minimum absolute atomic E-state index is 0.785. The van der Waals surface area contributed by atoms with Crippen LogP contribution in [0.1, 0.15) is 11.1 Å². The largest absolute Gasteiger partial charge is 0.493 e. The highest BCUT2D eigenvalue weighted by Gasteiger charge is 2.16. The fourth-order valence-corrected chi connectivity index (χ4v) is 2.49. The molecule has 2 nitrogen and oxygen atoms in total. The normalized spacial score (nSPS) is 13.6. The van der Waals surface area contributed by atoms with Crippen LogP contribution in [-0.4, -0.2) is 25.2 Å².